The van der Waals surface area contributed by atoms with Gasteiger partial charge in [-0.25, -0.2) is 0 Å². The molecule has 0 bridgehead atoms. The Morgan fingerprint density at radius 2 is 1.62 bits per heavy atom. The van der Waals surface area contributed by atoms with Crippen LogP contribution >= 0.6 is 23.5 Å². The lowest BCUT2D eigenvalue weighted by Gasteiger charge is -2.08. The Hall–Kier alpha value is -2.04. The Balaban J connectivity index is 2.18. The monoisotopic (exact) mass is 354 g/mol. The van der Waals surface area contributed by atoms with Gasteiger partial charge >= 0.3 is 0 Å². The Morgan fingerprint density at radius 3 is 2.17 bits per heavy atom. The molecule has 2 aromatic rings. The van der Waals surface area contributed by atoms with Crippen molar-refractivity contribution >= 4 is 33.8 Å². The second-order valence-electron chi connectivity index (χ2n) is 5.30. The number of rotatable bonds is 5. The number of thioether (sulfide) groups is 2. The summed E-state index contributed by atoms with van der Waals surface area (Å²) in [6.45, 7) is 10.8. The molecule has 0 heterocycles. The number of benzene rings is 2. The van der Waals surface area contributed by atoms with Crippen molar-refractivity contribution in [2.45, 2.75) is 23.6 Å². The van der Waals surface area contributed by atoms with Gasteiger partial charge in [0.1, 0.15) is 0 Å². The Bertz CT molecular complexity index is 805. The van der Waals surface area contributed by atoms with Crippen LogP contribution < -0.4 is 0 Å². The van der Waals surface area contributed by atoms with Crippen molar-refractivity contribution in [3.8, 4) is 11.1 Å². The zero-order chi connectivity index (χ0) is 17.7. The van der Waals surface area contributed by atoms with Crippen LogP contribution in [0, 0.1) is 6.92 Å². The molecule has 122 valence electrons. The highest BCUT2D eigenvalue weighted by atomic mass is 32.2. The third-order valence-electron chi connectivity index (χ3n) is 3.30. The van der Waals surface area contributed by atoms with Crippen molar-refractivity contribution < 1.29 is 9.59 Å². The molecule has 0 unspecified atom stereocenters. The molecular weight excluding hydrogens is 336 g/mol. The van der Waals surface area contributed by atoms with E-state index in [1.54, 1.807) is 6.92 Å². The topological polar surface area (TPSA) is 34.1 Å². The van der Waals surface area contributed by atoms with Crippen LogP contribution in [-0.2, 0) is 9.59 Å². The van der Waals surface area contributed by atoms with E-state index < -0.39 is 0 Å². The summed E-state index contributed by atoms with van der Waals surface area (Å²) in [5.74, 6) is 0. The van der Waals surface area contributed by atoms with E-state index in [0.29, 0.717) is 5.57 Å². The molecule has 0 N–H and O–H groups in total. The molecule has 0 radical (unpaired) electrons. The van der Waals surface area contributed by atoms with Crippen LogP contribution in [0.15, 0.2) is 77.1 Å². The number of carbonyl (C=O) groups is 2. The molecule has 0 aliphatic heterocycles. The van der Waals surface area contributed by atoms with E-state index in [1.165, 1.54) is 29.6 Å². The van der Waals surface area contributed by atoms with Gasteiger partial charge in [-0.05, 0) is 83.9 Å². The lowest BCUT2D eigenvalue weighted by molar-refractivity contribution is -0.108. The highest BCUT2D eigenvalue weighted by Crippen LogP contribution is 2.30. The van der Waals surface area contributed by atoms with Gasteiger partial charge < -0.3 is 0 Å². The van der Waals surface area contributed by atoms with Crippen molar-refractivity contribution in [1.82, 2.24) is 0 Å². The predicted molar refractivity (Wildman–Crippen MR) is 103 cm³/mol. The lowest BCUT2D eigenvalue weighted by Crippen LogP contribution is -1.91. The van der Waals surface area contributed by atoms with Crippen LogP contribution in [0.3, 0.4) is 0 Å². The predicted octanol–water partition coefficient (Wildman–Crippen LogP) is 5.66. The number of carbonyl (C=O) groups excluding carboxylic acids is 2. The van der Waals surface area contributed by atoms with Crippen LogP contribution in [0.4, 0.5) is 0 Å². The highest BCUT2D eigenvalue weighted by molar-refractivity contribution is 8.14. The van der Waals surface area contributed by atoms with E-state index >= 15 is 0 Å². The van der Waals surface area contributed by atoms with Gasteiger partial charge in [0.05, 0.1) is 0 Å². The largest absolute Gasteiger partial charge is 0.282 e. The third kappa shape index (κ3) is 4.73. The van der Waals surface area contributed by atoms with E-state index in [9.17, 15) is 9.59 Å². The maximum absolute atomic E-state index is 11.7. The van der Waals surface area contributed by atoms with Gasteiger partial charge in [0.15, 0.2) is 0 Å². The van der Waals surface area contributed by atoms with Gasteiger partial charge in [0, 0.05) is 9.79 Å². The molecule has 0 amide bonds. The second-order valence-corrected chi connectivity index (χ2v) is 7.39. The minimum absolute atomic E-state index is 0.0214. The summed E-state index contributed by atoms with van der Waals surface area (Å²) in [7, 11) is 0. The number of aryl methyl sites for hydroxylation is 1. The van der Waals surface area contributed by atoms with Crippen LogP contribution in [0.2, 0.25) is 0 Å². The molecule has 0 aromatic heterocycles. The van der Waals surface area contributed by atoms with E-state index in [0.717, 1.165) is 26.5 Å². The fourth-order valence-electron chi connectivity index (χ4n) is 2.00. The zero-order valence-corrected chi connectivity index (χ0v) is 15.3. The second kappa shape index (κ2) is 8.18. The summed E-state index contributed by atoms with van der Waals surface area (Å²) in [4.78, 5) is 25.0. The van der Waals surface area contributed by atoms with Crippen LogP contribution in [-0.4, -0.2) is 10.2 Å². The molecular formula is C20H18O2S2. The summed E-state index contributed by atoms with van der Waals surface area (Å²) >= 11 is 2.36. The summed E-state index contributed by atoms with van der Waals surface area (Å²) in [6.07, 6.45) is 1.32. The first-order valence-corrected chi connectivity index (χ1v) is 8.97. The summed E-state index contributed by atoms with van der Waals surface area (Å²) in [5.41, 5.74) is 3.73. The van der Waals surface area contributed by atoms with Crippen LogP contribution in [0.25, 0.3) is 11.1 Å². The standard InChI is InChI=1S/C20H18O2S2/c1-5-19(21)24-18-11-8-16(12-14(18)4)15-6-9-17(10-7-15)23-20(22)13(2)3/h5-12H,1-2H2,3-4H3. The molecule has 2 nitrogen and oxygen atoms in total. The summed E-state index contributed by atoms with van der Waals surface area (Å²) in [5, 5.41) is -0.0822. The molecule has 2 aromatic carbocycles. The number of hydrogen-bond acceptors (Lipinski definition) is 4. The molecule has 2 rings (SSSR count). The van der Waals surface area contributed by atoms with Crippen molar-refractivity contribution in [3.63, 3.8) is 0 Å². The average Bonchev–Trinajstić information content (AvgIpc) is 2.57. The van der Waals surface area contributed by atoms with Gasteiger partial charge in [-0.1, -0.05) is 37.4 Å². The summed E-state index contributed by atoms with van der Waals surface area (Å²) < 4.78 is 0. The van der Waals surface area contributed by atoms with Crippen molar-refractivity contribution in [1.29, 1.82) is 0 Å². The molecule has 0 aliphatic carbocycles. The van der Waals surface area contributed by atoms with Crippen molar-refractivity contribution in [2.75, 3.05) is 0 Å². The van der Waals surface area contributed by atoms with Gasteiger partial charge in [0.25, 0.3) is 0 Å². The van der Waals surface area contributed by atoms with E-state index in [4.69, 9.17) is 0 Å². The quantitative estimate of drug-likeness (QED) is 0.512. The first-order chi connectivity index (χ1) is 11.4. The van der Waals surface area contributed by atoms with Gasteiger partial charge in [0.2, 0.25) is 10.2 Å². The maximum atomic E-state index is 11.7. The van der Waals surface area contributed by atoms with E-state index in [-0.39, 0.29) is 10.2 Å². The van der Waals surface area contributed by atoms with Crippen LogP contribution in [0.5, 0.6) is 0 Å². The normalized spacial score (nSPS) is 10.2. The third-order valence-corrected chi connectivity index (χ3v) is 5.39. The fraction of sp³-hybridized carbons (Fsp3) is 0.100. The van der Waals surface area contributed by atoms with Crippen LogP contribution in [0.1, 0.15) is 12.5 Å². The maximum Gasteiger partial charge on any atom is 0.219 e. The molecule has 0 saturated carbocycles. The molecule has 4 heteroatoms. The minimum atomic E-state index is -0.0607. The zero-order valence-electron chi connectivity index (χ0n) is 13.7. The molecule has 0 aliphatic rings. The Kier molecular flexibility index (Phi) is 6.23. The smallest absolute Gasteiger partial charge is 0.219 e. The van der Waals surface area contributed by atoms with E-state index in [2.05, 4.69) is 19.2 Å². The van der Waals surface area contributed by atoms with Gasteiger partial charge in [-0.15, -0.1) is 0 Å². The Morgan fingerprint density at radius 1 is 1.00 bits per heavy atom. The first kappa shape index (κ1) is 18.3. The SMILES string of the molecule is C=CC(=O)Sc1ccc(-c2ccc(SC(=O)C(=C)C)cc2)cc1C. The minimum Gasteiger partial charge on any atom is -0.282 e. The summed E-state index contributed by atoms with van der Waals surface area (Å²) in [6, 6.07) is 13.8. The molecule has 0 saturated heterocycles. The van der Waals surface area contributed by atoms with Crippen molar-refractivity contribution in [3.05, 3.63) is 72.8 Å². The van der Waals surface area contributed by atoms with Gasteiger partial charge in [-0.2, -0.15) is 0 Å². The molecule has 0 atom stereocenters. The number of hydrogen-bond donors (Lipinski definition) is 0. The average molecular weight is 354 g/mol. The molecule has 24 heavy (non-hydrogen) atoms. The first-order valence-electron chi connectivity index (χ1n) is 7.33. The molecule has 0 spiro atoms. The van der Waals surface area contributed by atoms with Gasteiger partial charge in [-0.3, -0.25) is 9.59 Å². The molecule has 0 fully saturated rings. The van der Waals surface area contributed by atoms with Crippen molar-refractivity contribution in [2.24, 2.45) is 0 Å². The Labute approximate surface area is 151 Å². The fourth-order valence-corrected chi connectivity index (χ4v) is 3.32. The lowest BCUT2D eigenvalue weighted by atomic mass is 10.0. The van der Waals surface area contributed by atoms with E-state index in [1.807, 2.05) is 43.3 Å². The highest BCUT2D eigenvalue weighted by Gasteiger charge is 2.08.